The molecule has 0 amide bonds. The molecule has 0 aliphatic carbocycles. The second-order valence-electron chi connectivity index (χ2n) is 7.13. The molecule has 6 heteroatoms. The van der Waals surface area contributed by atoms with Crippen LogP contribution in [0.15, 0.2) is 29.3 Å². The van der Waals surface area contributed by atoms with Crippen molar-refractivity contribution in [3.8, 4) is 0 Å². The van der Waals surface area contributed by atoms with Crippen LogP contribution >= 0.6 is 11.3 Å². The first-order valence-corrected chi connectivity index (χ1v) is 9.97. The molecule has 5 nitrogen and oxygen atoms in total. The summed E-state index contributed by atoms with van der Waals surface area (Å²) in [7, 11) is 1.88. The van der Waals surface area contributed by atoms with Crippen LogP contribution in [0.4, 0.5) is 0 Å². The number of para-hydroxylation sites is 1. The zero-order valence-corrected chi connectivity index (χ0v) is 15.6. The molecule has 2 saturated heterocycles. The van der Waals surface area contributed by atoms with Crippen LogP contribution in [0.5, 0.6) is 0 Å². The van der Waals surface area contributed by atoms with Crippen LogP contribution in [0, 0.1) is 5.41 Å². The minimum absolute atomic E-state index is 0.374. The van der Waals surface area contributed by atoms with E-state index in [9.17, 15) is 0 Å². The van der Waals surface area contributed by atoms with Gasteiger partial charge in [-0.05, 0) is 31.4 Å². The van der Waals surface area contributed by atoms with Crippen LogP contribution in [0.3, 0.4) is 0 Å². The molecular formula is C19H26N4OS. The monoisotopic (exact) mass is 358 g/mol. The van der Waals surface area contributed by atoms with Gasteiger partial charge in [0.05, 0.1) is 21.8 Å². The van der Waals surface area contributed by atoms with Crippen molar-refractivity contribution in [3.63, 3.8) is 0 Å². The third-order valence-corrected chi connectivity index (χ3v) is 6.42. The highest BCUT2D eigenvalue weighted by molar-refractivity contribution is 7.18. The first kappa shape index (κ1) is 16.8. The summed E-state index contributed by atoms with van der Waals surface area (Å²) in [6, 6.07) is 8.36. The third kappa shape index (κ3) is 3.65. The molecule has 1 atom stereocenters. The van der Waals surface area contributed by atoms with Gasteiger partial charge in [0, 0.05) is 45.1 Å². The number of thiazole rings is 1. The Hall–Kier alpha value is -1.66. The minimum atomic E-state index is 0.374. The number of hydrogen-bond acceptors (Lipinski definition) is 4. The van der Waals surface area contributed by atoms with Gasteiger partial charge in [-0.15, -0.1) is 11.3 Å². The maximum Gasteiger partial charge on any atom is 0.193 e. The van der Waals surface area contributed by atoms with E-state index in [1.807, 2.05) is 7.05 Å². The maximum atomic E-state index is 5.62. The standard InChI is InChI=1S/C19H26N4OS/c1-20-18(23-11-8-19(13-23)9-12-24-14-19)21-10-4-7-17-22-15-5-2-3-6-16(15)25-17/h2-3,5-6H,4,7-14H2,1H3,(H,20,21). The highest BCUT2D eigenvalue weighted by atomic mass is 32.1. The second kappa shape index (κ2) is 7.30. The number of ether oxygens (including phenoxy) is 1. The number of rotatable bonds is 4. The molecule has 0 saturated carbocycles. The van der Waals surface area contributed by atoms with Crippen molar-refractivity contribution in [2.75, 3.05) is 39.9 Å². The number of aliphatic imine (C=N–C) groups is 1. The number of fused-ring (bicyclic) bond motifs is 1. The molecule has 1 aromatic carbocycles. The predicted octanol–water partition coefficient (Wildman–Crippen LogP) is 2.92. The van der Waals surface area contributed by atoms with E-state index in [0.29, 0.717) is 5.41 Å². The highest BCUT2D eigenvalue weighted by Gasteiger charge is 2.42. The molecule has 4 rings (SSSR count). The SMILES string of the molecule is CN=C(NCCCc1nc2ccccc2s1)N1CCC2(CCOC2)C1. The smallest absolute Gasteiger partial charge is 0.193 e. The van der Waals surface area contributed by atoms with Gasteiger partial charge in [-0.3, -0.25) is 4.99 Å². The Labute approximate surface area is 153 Å². The molecule has 2 aromatic rings. The Morgan fingerprint density at radius 1 is 1.40 bits per heavy atom. The zero-order valence-electron chi connectivity index (χ0n) is 14.8. The Morgan fingerprint density at radius 2 is 2.32 bits per heavy atom. The van der Waals surface area contributed by atoms with Crippen molar-refractivity contribution in [1.82, 2.24) is 15.2 Å². The first-order valence-electron chi connectivity index (χ1n) is 9.16. The van der Waals surface area contributed by atoms with Crippen LogP contribution in [0.1, 0.15) is 24.3 Å². The highest BCUT2D eigenvalue weighted by Crippen LogP contribution is 2.38. The fraction of sp³-hybridized carbons (Fsp3) is 0.579. The van der Waals surface area contributed by atoms with Crippen LogP contribution < -0.4 is 5.32 Å². The average Bonchev–Trinajstić information content (AvgIpc) is 3.36. The number of benzene rings is 1. The summed E-state index contributed by atoms with van der Waals surface area (Å²) in [4.78, 5) is 11.6. The van der Waals surface area contributed by atoms with Gasteiger partial charge in [0.2, 0.25) is 0 Å². The fourth-order valence-corrected chi connectivity index (χ4v) is 4.90. The van der Waals surface area contributed by atoms with Crippen molar-refractivity contribution >= 4 is 27.5 Å². The predicted molar refractivity (Wildman–Crippen MR) is 103 cm³/mol. The summed E-state index contributed by atoms with van der Waals surface area (Å²) < 4.78 is 6.90. The van der Waals surface area contributed by atoms with Gasteiger partial charge >= 0.3 is 0 Å². The van der Waals surface area contributed by atoms with Crippen LogP contribution in [-0.2, 0) is 11.2 Å². The number of hydrogen-bond donors (Lipinski definition) is 1. The Balaban J connectivity index is 1.26. The Bertz CT molecular complexity index is 718. The molecular weight excluding hydrogens is 332 g/mol. The third-order valence-electron chi connectivity index (χ3n) is 5.32. The molecule has 1 spiro atoms. The number of guanidine groups is 1. The number of likely N-dealkylation sites (tertiary alicyclic amines) is 1. The van der Waals surface area contributed by atoms with Gasteiger partial charge in [-0.25, -0.2) is 4.98 Å². The molecule has 1 aromatic heterocycles. The van der Waals surface area contributed by atoms with E-state index in [1.54, 1.807) is 11.3 Å². The minimum Gasteiger partial charge on any atom is -0.381 e. The van der Waals surface area contributed by atoms with E-state index >= 15 is 0 Å². The lowest BCUT2D eigenvalue weighted by molar-refractivity contribution is 0.156. The number of nitrogens with zero attached hydrogens (tertiary/aromatic N) is 3. The van der Waals surface area contributed by atoms with E-state index < -0.39 is 0 Å². The molecule has 0 radical (unpaired) electrons. The molecule has 134 valence electrons. The quantitative estimate of drug-likeness (QED) is 0.519. The zero-order chi connectivity index (χ0) is 17.1. The van der Waals surface area contributed by atoms with E-state index in [2.05, 4.69) is 39.5 Å². The molecule has 1 N–H and O–H groups in total. The molecule has 2 fully saturated rings. The average molecular weight is 359 g/mol. The molecule has 0 bridgehead atoms. The van der Waals surface area contributed by atoms with Crippen molar-refractivity contribution in [1.29, 1.82) is 0 Å². The van der Waals surface area contributed by atoms with E-state index in [1.165, 1.54) is 22.5 Å². The van der Waals surface area contributed by atoms with E-state index in [-0.39, 0.29) is 0 Å². The second-order valence-corrected chi connectivity index (χ2v) is 8.24. The summed E-state index contributed by atoms with van der Waals surface area (Å²) in [5, 5.41) is 4.76. The van der Waals surface area contributed by atoms with Gasteiger partial charge < -0.3 is 15.0 Å². The molecule has 1 unspecified atom stereocenters. The van der Waals surface area contributed by atoms with Gasteiger partial charge in [-0.2, -0.15) is 0 Å². The summed E-state index contributed by atoms with van der Waals surface area (Å²) in [5.74, 6) is 1.04. The van der Waals surface area contributed by atoms with Crippen LogP contribution in [0.25, 0.3) is 10.2 Å². The summed E-state index contributed by atoms with van der Waals surface area (Å²) in [5.41, 5.74) is 1.49. The summed E-state index contributed by atoms with van der Waals surface area (Å²) >= 11 is 1.81. The normalized spacial score (nSPS) is 23.9. The first-order chi connectivity index (χ1) is 12.3. The maximum absolute atomic E-state index is 5.62. The van der Waals surface area contributed by atoms with Crippen LogP contribution in [-0.4, -0.2) is 55.7 Å². The number of aromatic nitrogens is 1. The lowest BCUT2D eigenvalue weighted by Crippen LogP contribution is -2.41. The molecule has 2 aliphatic heterocycles. The van der Waals surface area contributed by atoms with Gasteiger partial charge in [0.25, 0.3) is 0 Å². The molecule has 3 heterocycles. The van der Waals surface area contributed by atoms with E-state index in [4.69, 9.17) is 9.72 Å². The summed E-state index contributed by atoms with van der Waals surface area (Å²) in [6.45, 7) is 4.92. The fourth-order valence-electron chi connectivity index (χ4n) is 3.89. The number of aryl methyl sites for hydroxylation is 1. The largest absolute Gasteiger partial charge is 0.381 e. The van der Waals surface area contributed by atoms with Gasteiger partial charge in [-0.1, -0.05) is 12.1 Å². The Kier molecular flexibility index (Phi) is 4.90. The topological polar surface area (TPSA) is 49.8 Å². The van der Waals surface area contributed by atoms with Crippen molar-refractivity contribution < 1.29 is 4.74 Å². The molecule has 25 heavy (non-hydrogen) atoms. The van der Waals surface area contributed by atoms with Gasteiger partial charge in [0.1, 0.15) is 0 Å². The lowest BCUT2D eigenvalue weighted by atomic mass is 9.87. The van der Waals surface area contributed by atoms with Crippen LogP contribution in [0.2, 0.25) is 0 Å². The van der Waals surface area contributed by atoms with Crippen molar-refractivity contribution in [2.45, 2.75) is 25.7 Å². The van der Waals surface area contributed by atoms with E-state index in [0.717, 1.165) is 57.2 Å². The van der Waals surface area contributed by atoms with Crippen molar-refractivity contribution in [2.24, 2.45) is 10.4 Å². The van der Waals surface area contributed by atoms with Crippen molar-refractivity contribution in [3.05, 3.63) is 29.3 Å². The lowest BCUT2D eigenvalue weighted by Gasteiger charge is -2.24. The summed E-state index contributed by atoms with van der Waals surface area (Å²) in [6.07, 6.45) is 4.50. The number of nitrogens with one attached hydrogen (secondary N) is 1. The van der Waals surface area contributed by atoms with Gasteiger partial charge in [0.15, 0.2) is 5.96 Å². The molecule has 2 aliphatic rings. The Morgan fingerprint density at radius 3 is 3.12 bits per heavy atom.